The lowest BCUT2D eigenvalue weighted by Gasteiger charge is -2.05. The molecule has 0 saturated carbocycles. The largest absolute Gasteiger partial charge is 0.397 e. The van der Waals surface area contributed by atoms with Crippen molar-refractivity contribution in [1.82, 2.24) is 4.98 Å². The first kappa shape index (κ1) is 9.37. The summed E-state index contributed by atoms with van der Waals surface area (Å²) in [4.78, 5) is 13.6. The third-order valence-corrected chi connectivity index (χ3v) is 1.46. The Kier molecular flexibility index (Phi) is 2.41. The fraction of sp³-hybridized carbons (Fsp3) is 0.143. The van der Waals surface area contributed by atoms with Gasteiger partial charge in [0.05, 0.1) is 11.4 Å². The standard InChI is InChI=1S/C7H7F2N3O/c8-7(9)6-4(11)1-3(10)5(2-13)12-6/h1-2,7H,10-11H2. The molecule has 0 unspecified atom stereocenters. The predicted molar refractivity (Wildman–Crippen MR) is 43.4 cm³/mol. The average Bonchev–Trinajstić information content (AvgIpc) is 2.03. The molecular weight excluding hydrogens is 180 g/mol. The number of carbonyl (C=O) groups excluding carboxylic acids is 1. The Balaban J connectivity index is 3.30. The number of nitrogens with zero attached hydrogens (tertiary/aromatic N) is 1. The summed E-state index contributed by atoms with van der Waals surface area (Å²) in [5.41, 5.74) is 9.44. The van der Waals surface area contributed by atoms with Gasteiger partial charge in [-0.1, -0.05) is 0 Å². The molecule has 0 aliphatic carbocycles. The maximum atomic E-state index is 12.2. The molecule has 0 atom stereocenters. The monoisotopic (exact) mass is 187 g/mol. The van der Waals surface area contributed by atoms with E-state index in [1.54, 1.807) is 0 Å². The number of halogens is 2. The summed E-state index contributed by atoms with van der Waals surface area (Å²) in [5, 5.41) is 0. The smallest absolute Gasteiger partial charge is 0.282 e. The van der Waals surface area contributed by atoms with Gasteiger partial charge in [-0.15, -0.1) is 0 Å². The highest BCUT2D eigenvalue weighted by atomic mass is 19.3. The summed E-state index contributed by atoms with van der Waals surface area (Å²) in [5.74, 6) is 0. The zero-order valence-corrected chi connectivity index (χ0v) is 6.50. The van der Waals surface area contributed by atoms with Gasteiger partial charge in [-0.3, -0.25) is 4.79 Å². The average molecular weight is 187 g/mol. The maximum absolute atomic E-state index is 12.2. The molecule has 70 valence electrons. The second-order valence-electron chi connectivity index (χ2n) is 2.36. The highest BCUT2D eigenvalue weighted by Gasteiger charge is 2.15. The van der Waals surface area contributed by atoms with Gasteiger partial charge in [0.15, 0.2) is 6.29 Å². The van der Waals surface area contributed by atoms with Gasteiger partial charge in [0.2, 0.25) is 0 Å². The molecule has 0 radical (unpaired) electrons. The van der Waals surface area contributed by atoms with Crippen LogP contribution in [0.25, 0.3) is 0 Å². The molecule has 13 heavy (non-hydrogen) atoms. The van der Waals surface area contributed by atoms with Gasteiger partial charge in [-0.05, 0) is 6.07 Å². The Morgan fingerprint density at radius 3 is 2.46 bits per heavy atom. The molecule has 4 nitrogen and oxygen atoms in total. The Labute approximate surface area is 72.6 Å². The lowest BCUT2D eigenvalue weighted by molar-refractivity contribution is 0.111. The first-order valence-electron chi connectivity index (χ1n) is 3.35. The number of hydrogen-bond donors (Lipinski definition) is 2. The van der Waals surface area contributed by atoms with E-state index in [0.29, 0.717) is 6.29 Å². The van der Waals surface area contributed by atoms with Crippen molar-refractivity contribution in [2.45, 2.75) is 6.43 Å². The highest BCUT2D eigenvalue weighted by molar-refractivity contribution is 5.82. The molecule has 1 aromatic heterocycles. The van der Waals surface area contributed by atoms with Crippen molar-refractivity contribution in [3.63, 3.8) is 0 Å². The number of aldehydes is 1. The SMILES string of the molecule is Nc1cc(N)c(C(F)F)nc1C=O. The molecule has 0 amide bonds. The molecule has 0 aliphatic heterocycles. The van der Waals surface area contributed by atoms with E-state index in [4.69, 9.17) is 11.5 Å². The van der Waals surface area contributed by atoms with Crippen molar-refractivity contribution in [2.75, 3.05) is 11.5 Å². The minimum absolute atomic E-state index is 0.00287. The van der Waals surface area contributed by atoms with Gasteiger partial charge in [0, 0.05) is 0 Å². The molecule has 6 heteroatoms. The molecule has 1 rings (SSSR count). The molecule has 1 heterocycles. The van der Waals surface area contributed by atoms with E-state index in [-0.39, 0.29) is 17.1 Å². The topological polar surface area (TPSA) is 82.0 Å². The summed E-state index contributed by atoms with van der Waals surface area (Å²) in [6, 6.07) is 1.10. The summed E-state index contributed by atoms with van der Waals surface area (Å²) in [6.07, 6.45) is -2.50. The minimum atomic E-state index is -2.81. The summed E-state index contributed by atoms with van der Waals surface area (Å²) in [6.45, 7) is 0. The molecule has 0 fully saturated rings. The summed E-state index contributed by atoms with van der Waals surface area (Å²) in [7, 11) is 0. The third kappa shape index (κ3) is 1.71. The highest BCUT2D eigenvalue weighted by Crippen LogP contribution is 2.25. The quantitative estimate of drug-likeness (QED) is 0.676. The number of pyridine rings is 1. The number of rotatable bonds is 2. The maximum Gasteiger partial charge on any atom is 0.282 e. The zero-order valence-electron chi connectivity index (χ0n) is 6.50. The Morgan fingerprint density at radius 1 is 1.38 bits per heavy atom. The Morgan fingerprint density at radius 2 is 2.00 bits per heavy atom. The van der Waals surface area contributed by atoms with Crippen LogP contribution >= 0.6 is 0 Å². The van der Waals surface area contributed by atoms with E-state index in [2.05, 4.69) is 4.98 Å². The van der Waals surface area contributed by atoms with Crippen LogP contribution in [-0.2, 0) is 0 Å². The van der Waals surface area contributed by atoms with Crippen LogP contribution in [0.4, 0.5) is 20.2 Å². The van der Waals surface area contributed by atoms with E-state index < -0.39 is 12.1 Å². The van der Waals surface area contributed by atoms with Gasteiger partial charge < -0.3 is 11.5 Å². The van der Waals surface area contributed by atoms with E-state index in [9.17, 15) is 13.6 Å². The number of alkyl halides is 2. The third-order valence-electron chi connectivity index (χ3n) is 1.46. The second-order valence-corrected chi connectivity index (χ2v) is 2.36. The van der Waals surface area contributed by atoms with Crippen molar-refractivity contribution in [2.24, 2.45) is 0 Å². The van der Waals surface area contributed by atoms with Gasteiger partial charge in [0.25, 0.3) is 6.43 Å². The Hall–Kier alpha value is -1.72. The van der Waals surface area contributed by atoms with Crippen molar-refractivity contribution in [1.29, 1.82) is 0 Å². The van der Waals surface area contributed by atoms with Crippen LogP contribution in [-0.4, -0.2) is 11.3 Å². The molecular formula is C7H7F2N3O. The number of hydrogen-bond acceptors (Lipinski definition) is 4. The lowest BCUT2D eigenvalue weighted by atomic mass is 10.2. The first-order chi connectivity index (χ1) is 6.06. The predicted octanol–water partition coefficient (Wildman–Crippen LogP) is 0.996. The zero-order chi connectivity index (χ0) is 10.0. The summed E-state index contributed by atoms with van der Waals surface area (Å²) >= 11 is 0. The van der Waals surface area contributed by atoms with Crippen molar-refractivity contribution in [3.05, 3.63) is 17.5 Å². The number of nitrogens with two attached hydrogens (primary N) is 2. The molecule has 0 bridgehead atoms. The molecule has 4 N–H and O–H groups in total. The number of anilines is 2. The van der Waals surface area contributed by atoms with Crippen LogP contribution in [0.15, 0.2) is 6.07 Å². The normalized spacial score (nSPS) is 10.4. The number of aromatic nitrogens is 1. The van der Waals surface area contributed by atoms with Crippen LogP contribution in [0, 0.1) is 0 Å². The number of nitrogen functional groups attached to an aromatic ring is 2. The van der Waals surface area contributed by atoms with Gasteiger partial charge in [-0.25, -0.2) is 13.8 Å². The van der Waals surface area contributed by atoms with Crippen LogP contribution in [0.3, 0.4) is 0 Å². The van der Waals surface area contributed by atoms with Crippen molar-refractivity contribution >= 4 is 17.7 Å². The van der Waals surface area contributed by atoms with Crippen LogP contribution in [0.2, 0.25) is 0 Å². The van der Waals surface area contributed by atoms with Gasteiger partial charge >= 0.3 is 0 Å². The minimum Gasteiger partial charge on any atom is -0.397 e. The molecule has 0 aromatic carbocycles. The van der Waals surface area contributed by atoms with Crippen LogP contribution < -0.4 is 11.5 Å². The fourth-order valence-corrected chi connectivity index (χ4v) is 0.843. The van der Waals surface area contributed by atoms with Crippen molar-refractivity contribution in [3.8, 4) is 0 Å². The molecule has 1 aromatic rings. The van der Waals surface area contributed by atoms with E-state index in [1.165, 1.54) is 0 Å². The second kappa shape index (κ2) is 3.34. The first-order valence-corrected chi connectivity index (χ1v) is 3.35. The summed E-state index contributed by atoms with van der Waals surface area (Å²) < 4.78 is 24.4. The Bertz CT molecular complexity index is 341. The van der Waals surface area contributed by atoms with Crippen molar-refractivity contribution < 1.29 is 13.6 Å². The fourth-order valence-electron chi connectivity index (χ4n) is 0.843. The van der Waals surface area contributed by atoms with E-state index in [0.717, 1.165) is 6.07 Å². The lowest BCUT2D eigenvalue weighted by Crippen LogP contribution is -2.05. The molecule has 0 saturated heterocycles. The van der Waals surface area contributed by atoms with E-state index in [1.807, 2.05) is 0 Å². The van der Waals surface area contributed by atoms with Crippen LogP contribution in [0.1, 0.15) is 22.6 Å². The molecule has 0 aliphatic rings. The van der Waals surface area contributed by atoms with Gasteiger partial charge in [0.1, 0.15) is 11.4 Å². The van der Waals surface area contributed by atoms with Crippen LogP contribution in [0.5, 0.6) is 0 Å². The molecule has 0 spiro atoms. The number of carbonyl (C=O) groups is 1. The van der Waals surface area contributed by atoms with E-state index >= 15 is 0 Å². The van der Waals surface area contributed by atoms with Gasteiger partial charge in [-0.2, -0.15) is 0 Å².